The van der Waals surface area contributed by atoms with Crippen molar-refractivity contribution in [2.75, 3.05) is 11.9 Å². The van der Waals surface area contributed by atoms with E-state index in [1.807, 2.05) is 24.3 Å². The highest BCUT2D eigenvalue weighted by molar-refractivity contribution is 6.42. The van der Waals surface area contributed by atoms with Crippen molar-refractivity contribution in [3.8, 4) is 0 Å². The van der Waals surface area contributed by atoms with E-state index in [0.29, 0.717) is 10.7 Å². The summed E-state index contributed by atoms with van der Waals surface area (Å²) in [5, 5.41) is 18.3. The van der Waals surface area contributed by atoms with Crippen LogP contribution in [0.4, 0.5) is 10.5 Å². The Kier molecular flexibility index (Phi) is 6.81. The number of halogens is 2. The number of anilines is 1. The topological polar surface area (TPSA) is 123 Å². The maximum Gasteiger partial charge on any atom is 0.326 e. The van der Waals surface area contributed by atoms with E-state index in [4.69, 9.17) is 23.2 Å². The Labute approximate surface area is 181 Å². The largest absolute Gasteiger partial charge is 0.480 e. The third kappa shape index (κ3) is 5.43. The van der Waals surface area contributed by atoms with Gasteiger partial charge in [-0.05, 0) is 29.8 Å². The Morgan fingerprint density at radius 3 is 2.57 bits per heavy atom. The summed E-state index contributed by atoms with van der Waals surface area (Å²) in [6.45, 7) is -0.398. The number of carbonyl (C=O) groups excluding carboxylic acids is 2. The summed E-state index contributed by atoms with van der Waals surface area (Å²) in [6.07, 6.45) is 1.82. The number of benzene rings is 2. The van der Waals surface area contributed by atoms with Crippen molar-refractivity contribution < 1.29 is 19.5 Å². The molecule has 0 fully saturated rings. The third-order valence-electron chi connectivity index (χ3n) is 4.32. The lowest BCUT2D eigenvalue weighted by Crippen LogP contribution is -2.47. The molecule has 5 N–H and O–H groups in total. The number of carboxylic acids is 1. The highest BCUT2D eigenvalue weighted by atomic mass is 35.5. The smallest absolute Gasteiger partial charge is 0.326 e. The second kappa shape index (κ2) is 9.51. The van der Waals surface area contributed by atoms with Gasteiger partial charge < -0.3 is 26.0 Å². The molecule has 1 unspecified atom stereocenters. The van der Waals surface area contributed by atoms with Crippen LogP contribution in [-0.4, -0.2) is 40.6 Å². The van der Waals surface area contributed by atoms with Crippen molar-refractivity contribution in [1.82, 2.24) is 15.6 Å². The number of hydrogen-bond acceptors (Lipinski definition) is 3. The van der Waals surface area contributed by atoms with Gasteiger partial charge in [-0.1, -0.05) is 41.4 Å². The van der Waals surface area contributed by atoms with Gasteiger partial charge in [0, 0.05) is 29.2 Å². The average Bonchev–Trinajstić information content (AvgIpc) is 3.12. The number of aromatic amines is 1. The van der Waals surface area contributed by atoms with E-state index in [9.17, 15) is 19.5 Å². The van der Waals surface area contributed by atoms with Gasteiger partial charge in [0.2, 0.25) is 5.91 Å². The number of para-hydroxylation sites is 1. The molecule has 3 aromatic rings. The molecule has 0 aliphatic heterocycles. The monoisotopic (exact) mass is 448 g/mol. The van der Waals surface area contributed by atoms with Crippen molar-refractivity contribution in [3.63, 3.8) is 0 Å². The Hall–Kier alpha value is -3.23. The molecule has 0 spiro atoms. The molecule has 0 aliphatic carbocycles. The number of urea groups is 1. The van der Waals surface area contributed by atoms with Crippen LogP contribution in [0.3, 0.4) is 0 Å². The van der Waals surface area contributed by atoms with Crippen LogP contribution >= 0.6 is 23.2 Å². The fourth-order valence-electron chi connectivity index (χ4n) is 2.88. The standard InChI is InChI=1S/C20H18Cl2N4O4/c21-14-6-5-12(8-15(14)22)25-20(30)24-10-18(27)26-17(19(28)29)7-11-9-23-16-4-2-1-3-13(11)16/h1-6,8-9,17,23H,7,10H2,(H,26,27)(H,28,29)(H2,24,25,30). The fourth-order valence-corrected chi connectivity index (χ4v) is 3.17. The fraction of sp³-hybridized carbons (Fsp3) is 0.150. The van der Waals surface area contributed by atoms with Gasteiger partial charge in [0.25, 0.3) is 0 Å². The molecule has 0 aliphatic rings. The van der Waals surface area contributed by atoms with Crippen molar-refractivity contribution >= 4 is 57.7 Å². The number of hydrogen-bond donors (Lipinski definition) is 5. The number of H-pyrrole nitrogens is 1. The summed E-state index contributed by atoms with van der Waals surface area (Å²) in [4.78, 5) is 38.7. The number of aliphatic carboxylic acids is 1. The number of carboxylic acid groups (broad SMARTS) is 1. The molecule has 156 valence electrons. The lowest BCUT2D eigenvalue weighted by Gasteiger charge is -2.15. The third-order valence-corrected chi connectivity index (χ3v) is 5.06. The molecule has 3 amide bonds. The molecule has 30 heavy (non-hydrogen) atoms. The van der Waals surface area contributed by atoms with Gasteiger partial charge in [-0.2, -0.15) is 0 Å². The lowest BCUT2D eigenvalue weighted by molar-refractivity contribution is -0.141. The van der Waals surface area contributed by atoms with Gasteiger partial charge in [0.1, 0.15) is 6.04 Å². The predicted molar refractivity (Wildman–Crippen MR) is 115 cm³/mol. The van der Waals surface area contributed by atoms with Crippen molar-refractivity contribution in [1.29, 1.82) is 0 Å². The van der Waals surface area contributed by atoms with E-state index in [0.717, 1.165) is 16.5 Å². The van der Waals surface area contributed by atoms with Crippen LogP contribution in [0.1, 0.15) is 5.56 Å². The molecule has 2 aromatic carbocycles. The molecule has 8 nitrogen and oxygen atoms in total. The molecule has 1 heterocycles. The van der Waals surface area contributed by atoms with E-state index < -0.39 is 30.5 Å². The van der Waals surface area contributed by atoms with Crippen molar-refractivity contribution in [3.05, 3.63) is 64.3 Å². The molecule has 3 rings (SSSR count). The van der Waals surface area contributed by atoms with Gasteiger partial charge >= 0.3 is 12.0 Å². The normalized spacial score (nSPS) is 11.7. The second-order valence-electron chi connectivity index (χ2n) is 6.46. The summed E-state index contributed by atoms with van der Waals surface area (Å²) >= 11 is 11.7. The number of rotatable bonds is 7. The van der Waals surface area contributed by atoms with Crippen LogP contribution in [0.5, 0.6) is 0 Å². The molecule has 0 saturated carbocycles. The van der Waals surface area contributed by atoms with Gasteiger partial charge in [-0.3, -0.25) is 4.79 Å². The number of amides is 3. The van der Waals surface area contributed by atoms with E-state index in [-0.39, 0.29) is 11.4 Å². The zero-order chi connectivity index (χ0) is 21.7. The van der Waals surface area contributed by atoms with Gasteiger partial charge in [-0.15, -0.1) is 0 Å². The summed E-state index contributed by atoms with van der Waals surface area (Å²) in [5.74, 6) is -1.81. The SMILES string of the molecule is O=C(CNC(=O)Nc1ccc(Cl)c(Cl)c1)NC(Cc1c[nH]c2ccccc12)C(=O)O. The van der Waals surface area contributed by atoms with Crippen LogP contribution in [-0.2, 0) is 16.0 Å². The van der Waals surface area contributed by atoms with Gasteiger partial charge in [0.05, 0.1) is 16.6 Å². The minimum atomic E-state index is -1.17. The molecule has 0 radical (unpaired) electrons. The Morgan fingerprint density at radius 1 is 1.07 bits per heavy atom. The number of aromatic nitrogens is 1. The number of carbonyl (C=O) groups is 3. The van der Waals surface area contributed by atoms with Crippen LogP contribution in [0, 0.1) is 0 Å². The van der Waals surface area contributed by atoms with Crippen LogP contribution in [0.2, 0.25) is 10.0 Å². The summed E-state index contributed by atoms with van der Waals surface area (Å²) in [6, 6.07) is 10.2. The first kappa shape index (κ1) is 21.5. The first-order chi connectivity index (χ1) is 14.3. The summed E-state index contributed by atoms with van der Waals surface area (Å²) < 4.78 is 0. The predicted octanol–water partition coefficient (Wildman–Crippen LogP) is 3.41. The van der Waals surface area contributed by atoms with E-state index in [2.05, 4.69) is 20.9 Å². The minimum Gasteiger partial charge on any atom is -0.480 e. The highest BCUT2D eigenvalue weighted by Crippen LogP contribution is 2.24. The molecule has 1 atom stereocenters. The highest BCUT2D eigenvalue weighted by Gasteiger charge is 2.22. The molecule has 1 aromatic heterocycles. The zero-order valence-electron chi connectivity index (χ0n) is 15.5. The average molecular weight is 449 g/mol. The van der Waals surface area contributed by atoms with E-state index in [1.165, 1.54) is 12.1 Å². The maximum absolute atomic E-state index is 12.1. The molecule has 10 heteroatoms. The number of fused-ring (bicyclic) bond motifs is 1. The Morgan fingerprint density at radius 2 is 1.83 bits per heavy atom. The van der Waals surface area contributed by atoms with E-state index >= 15 is 0 Å². The number of nitrogens with one attached hydrogen (secondary N) is 4. The molecular formula is C20H18Cl2N4O4. The van der Waals surface area contributed by atoms with Crippen LogP contribution in [0.15, 0.2) is 48.7 Å². The first-order valence-corrected chi connectivity index (χ1v) is 9.66. The van der Waals surface area contributed by atoms with Crippen LogP contribution < -0.4 is 16.0 Å². The van der Waals surface area contributed by atoms with Gasteiger partial charge in [-0.25, -0.2) is 9.59 Å². The second-order valence-corrected chi connectivity index (χ2v) is 7.27. The quantitative estimate of drug-likeness (QED) is 0.379. The van der Waals surface area contributed by atoms with Crippen molar-refractivity contribution in [2.24, 2.45) is 0 Å². The Balaban J connectivity index is 1.54. The minimum absolute atomic E-state index is 0.0978. The van der Waals surface area contributed by atoms with E-state index in [1.54, 1.807) is 12.3 Å². The molecular weight excluding hydrogens is 431 g/mol. The van der Waals surface area contributed by atoms with Gasteiger partial charge in [0.15, 0.2) is 0 Å². The molecule has 0 saturated heterocycles. The molecule has 0 bridgehead atoms. The zero-order valence-corrected chi connectivity index (χ0v) is 17.1. The lowest BCUT2D eigenvalue weighted by atomic mass is 10.1. The van der Waals surface area contributed by atoms with Crippen molar-refractivity contribution in [2.45, 2.75) is 12.5 Å². The summed E-state index contributed by atoms with van der Waals surface area (Å²) in [7, 11) is 0. The Bertz CT molecular complexity index is 1100. The maximum atomic E-state index is 12.1. The van der Waals surface area contributed by atoms with Crippen LogP contribution in [0.25, 0.3) is 10.9 Å². The first-order valence-electron chi connectivity index (χ1n) is 8.90. The summed E-state index contributed by atoms with van der Waals surface area (Å²) in [5.41, 5.74) is 2.04.